The van der Waals surface area contributed by atoms with Gasteiger partial charge in [0, 0.05) is 23.4 Å². The summed E-state index contributed by atoms with van der Waals surface area (Å²) in [6.45, 7) is 6.88. The third-order valence-electron chi connectivity index (χ3n) is 5.33. The van der Waals surface area contributed by atoms with E-state index >= 15 is 0 Å². The molecule has 4 rings (SSSR count). The zero-order valence-electron chi connectivity index (χ0n) is 14.9. The van der Waals surface area contributed by atoms with Crippen molar-refractivity contribution in [2.24, 2.45) is 0 Å². The summed E-state index contributed by atoms with van der Waals surface area (Å²) in [7, 11) is 0. The summed E-state index contributed by atoms with van der Waals surface area (Å²) in [5.74, 6) is -0.151. The lowest BCUT2D eigenvalue weighted by Gasteiger charge is -2.28. The number of aryl methyl sites for hydroxylation is 1. The molecule has 2 amide bonds. The molecule has 0 spiro atoms. The number of hydrogen-bond acceptors (Lipinski definition) is 2. The van der Waals surface area contributed by atoms with Crippen molar-refractivity contribution < 1.29 is 9.59 Å². The van der Waals surface area contributed by atoms with Crippen LogP contribution in [0.4, 0.5) is 0 Å². The van der Waals surface area contributed by atoms with Gasteiger partial charge in [0.1, 0.15) is 6.54 Å². The maximum atomic E-state index is 13.0. The molecule has 0 radical (unpaired) electrons. The summed E-state index contributed by atoms with van der Waals surface area (Å²) < 4.78 is 0. The third-order valence-corrected chi connectivity index (χ3v) is 5.33. The molecule has 0 N–H and O–H groups in total. The first-order valence-electron chi connectivity index (χ1n) is 9.02. The summed E-state index contributed by atoms with van der Waals surface area (Å²) in [4.78, 5) is 29.1. The van der Waals surface area contributed by atoms with Crippen molar-refractivity contribution in [1.29, 1.82) is 0 Å². The van der Waals surface area contributed by atoms with Gasteiger partial charge in [-0.05, 0) is 31.4 Å². The molecule has 2 heterocycles. The van der Waals surface area contributed by atoms with E-state index in [1.165, 1.54) is 16.0 Å². The van der Waals surface area contributed by atoms with Crippen LogP contribution >= 0.6 is 0 Å². The highest BCUT2D eigenvalue weighted by Gasteiger charge is 2.36. The van der Waals surface area contributed by atoms with E-state index in [0.717, 1.165) is 24.9 Å². The molecule has 0 bridgehead atoms. The quantitative estimate of drug-likeness (QED) is 0.848. The van der Waals surface area contributed by atoms with E-state index in [1.54, 1.807) is 6.07 Å². The van der Waals surface area contributed by atoms with Gasteiger partial charge >= 0.3 is 0 Å². The summed E-state index contributed by atoms with van der Waals surface area (Å²) >= 11 is 0. The molecule has 4 heteroatoms. The Labute approximate surface area is 153 Å². The molecule has 0 saturated carbocycles. The first-order chi connectivity index (χ1) is 12.6. The van der Waals surface area contributed by atoms with Crippen LogP contribution in [0.3, 0.4) is 0 Å². The molecule has 1 unspecified atom stereocenters. The van der Waals surface area contributed by atoms with Crippen LogP contribution in [-0.4, -0.2) is 34.7 Å². The monoisotopic (exact) mass is 346 g/mol. The van der Waals surface area contributed by atoms with Crippen LogP contribution in [0.15, 0.2) is 55.1 Å². The van der Waals surface area contributed by atoms with Crippen LogP contribution in [0.2, 0.25) is 0 Å². The summed E-state index contributed by atoms with van der Waals surface area (Å²) in [5, 5.41) is 0. The zero-order valence-corrected chi connectivity index (χ0v) is 14.9. The van der Waals surface area contributed by atoms with Crippen molar-refractivity contribution in [2.45, 2.75) is 25.8 Å². The summed E-state index contributed by atoms with van der Waals surface area (Å²) in [5.41, 5.74) is 4.43. The van der Waals surface area contributed by atoms with Crippen molar-refractivity contribution in [2.75, 3.05) is 13.1 Å². The first kappa shape index (κ1) is 16.6. The number of fused-ring (bicyclic) bond motifs is 1. The topological polar surface area (TPSA) is 40.6 Å². The maximum absolute atomic E-state index is 13.0. The molecule has 132 valence electrons. The highest BCUT2D eigenvalue weighted by Crippen LogP contribution is 2.34. The fourth-order valence-corrected chi connectivity index (χ4v) is 4.02. The van der Waals surface area contributed by atoms with E-state index in [0.29, 0.717) is 11.3 Å². The number of amides is 2. The normalized spacial score (nSPS) is 19.2. The smallest absolute Gasteiger partial charge is 0.259 e. The molecule has 4 nitrogen and oxygen atoms in total. The molecular weight excluding hydrogens is 324 g/mol. The second-order valence-corrected chi connectivity index (χ2v) is 7.04. The number of hydrogen-bond donors (Lipinski definition) is 0. The van der Waals surface area contributed by atoms with Crippen molar-refractivity contribution in [3.05, 3.63) is 77.4 Å². The van der Waals surface area contributed by atoms with Gasteiger partial charge in [-0.25, -0.2) is 0 Å². The molecule has 1 atom stereocenters. The molecule has 0 aliphatic carbocycles. The number of carbonyl (C=O) groups excluding carboxylic acids is 2. The van der Waals surface area contributed by atoms with Gasteiger partial charge in [0.2, 0.25) is 5.91 Å². The minimum absolute atomic E-state index is 0.0173. The van der Waals surface area contributed by atoms with Crippen molar-refractivity contribution >= 4 is 17.5 Å². The molecule has 2 aliphatic heterocycles. The Balaban J connectivity index is 1.53. The molecule has 1 saturated heterocycles. The lowest BCUT2D eigenvalue weighted by molar-refractivity contribution is -0.132. The van der Waals surface area contributed by atoms with Crippen LogP contribution < -0.4 is 0 Å². The summed E-state index contributed by atoms with van der Waals surface area (Å²) in [6.07, 6.45) is 1.95. The maximum Gasteiger partial charge on any atom is 0.259 e. The van der Waals surface area contributed by atoms with Gasteiger partial charge in [-0.15, -0.1) is 0 Å². The highest BCUT2D eigenvalue weighted by atomic mass is 16.2. The van der Waals surface area contributed by atoms with E-state index in [-0.39, 0.29) is 24.4 Å². The Morgan fingerprint density at radius 3 is 2.65 bits per heavy atom. The minimum atomic E-state index is -0.134. The van der Waals surface area contributed by atoms with Crippen molar-refractivity contribution in [3.63, 3.8) is 0 Å². The Bertz CT molecular complexity index is 868. The van der Waals surface area contributed by atoms with Crippen molar-refractivity contribution in [3.8, 4) is 0 Å². The molecule has 26 heavy (non-hydrogen) atoms. The predicted molar refractivity (Wildman–Crippen MR) is 101 cm³/mol. The van der Waals surface area contributed by atoms with E-state index in [2.05, 4.69) is 31.7 Å². The van der Waals surface area contributed by atoms with E-state index in [9.17, 15) is 9.59 Å². The Hall–Kier alpha value is -2.88. The van der Waals surface area contributed by atoms with E-state index in [1.807, 2.05) is 29.2 Å². The van der Waals surface area contributed by atoms with Gasteiger partial charge in [0.25, 0.3) is 5.91 Å². The van der Waals surface area contributed by atoms with Crippen molar-refractivity contribution in [1.82, 2.24) is 9.80 Å². The number of carbonyl (C=O) groups is 2. The largest absolute Gasteiger partial charge is 0.334 e. The fraction of sp³-hybridized carbons (Fsp3) is 0.273. The first-order valence-corrected chi connectivity index (χ1v) is 9.02. The minimum Gasteiger partial charge on any atom is -0.334 e. The average molecular weight is 346 g/mol. The van der Waals surface area contributed by atoms with E-state index < -0.39 is 0 Å². The van der Waals surface area contributed by atoms with Gasteiger partial charge in [-0.3, -0.25) is 14.5 Å². The number of benzene rings is 2. The molecule has 0 aromatic heterocycles. The molecule has 2 aliphatic rings. The average Bonchev–Trinajstić information content (AvgIpc) is 3.22. The second-order valence-electron chi connectivity index (χ2n) is 7.04. The Morgan fingerprint density at radius 2 is 1.92 bits per heavy atom. The van der Waals surface area contributed by atoms with Gasteiger partial charge < -0.3 is 4.90 Å². The predicted octanol–water partition coefficient (Wildman–Crippen LogP) is 3.79. The van der Waals surface area contributed by atoms with Gasteiger partial charge in [-0.2, -0.15) is 0 Å². The van der Waals surface area contributed by atoms with Crippen LogP contribution in [0.1, 0.15) is 45.9 Å². The number of rotatable bonds is 3. The second kappa shape index (κ2) is 6.45. The Morgan fingerprint density at radius 1 is 1.15 bits per heavy atom. The SMILES string of the molecule is C=C1c2ccccc2C(=O)N1CC(=O)N1CCCC1c1cccc(C)c1. The number of nitrogens with zero attached hydrogens (tertiary/aromatic N) is 2. The molecule has 2 aromatic rings. The fourth-order valence-electron chi connectivity index (χ4n) is 4.02. The van der Waals surface area contributed by atoms with Crippen LogP contribution in [-0.2, 0) is 4.79 Å². The summed E-state index contributed by atoms with van der Waals surface area (Å²) in [6, 6.07) is 15.8. The van der Waals surface area contributed by atoms with Gasteiger partial charge in [0.15, 0.2) is 0 Å². The lowest BCUT2D eigenvalue weighted by atomic mass is 10.0. The third kappa shape index (κ3) is 2.71. The lowest BCUT2D eigenvalue weighted by Crippen LogP contribution is -2.39. The van der Waals surface area contributed by atoms with Crippen LogP contribution in [0.5, 0.6) is 0 Å². The molecule has 2 aromatic carbocycles. The van der Waals surface area contributed by atoms with Gasteiger partial charge in [-0.1, -0.05) is 54.6 Å². The number of likely N-dealkylation sites (tertiary alicyclic amines) is 1. The van der Waals surface area contributed by atoms with Crippen LogP contribution in [0, 0.1) is 6.92 Å². The molecule has 1 fully saturated rings. The highest BCUT2D eigenvalue weighted by molar-refractivity contribution is 6.10. The van der Waals surface area contributed by atoms with E-state index in [4.69, 9.17) is 0 Å². The Kier molecular flexibility index (Phi) is 4.11. The standard InChI is InChI=1S/C22H22N2O2/c1-15-7-5-8-17(13-15)20-11-6-12-23(20)21(25)14-24-16(2)18-9-3-4-10-19(18)22(24)26/h3-5,7-10,13,20H,2,6,11-12,14H2,1H3. The molecular formula is C22H22N2O2. The zero-order chi connectivity index (χ0) is 18.3. The van der Waals surface area contributed by atoms with Crippen LogP contribution in [0.25, 0.3) is 5.70 Å². The van der Waals surface area contributed by atoms with Gasteiger partial charge in [0.05, 0.1) is 6.04 Å².